The highest BCUT2D eigenvalue weighted by atomic mass is 32.2. The minimum Gasteiger partial charge on any atom is -0.383 e. The van der Waals surface area contributed by atoms with Gasteiger partial charge in [-0.3, -0.25) is 4.98 Å². The van der Waals surface area contributed by atoms with Crippen LogP contribution in [0.3, 0.4) is 0 Å². The summed E-state index contributed by atoms with van der Waals surface area (Å²) in [6.45, 7) is 1.48. The number of sulfonamides is 1. The van der Waals surface area contributed by atoms with Crippen LogP contribution in [0.5, 0.6) is 0 Å². The second kappa shape index (κ2) is 5.38. The molecule has 0 saturated carbocycles. The highest BCUT2D eigenvalue weighted by Crippen LogP contribution is 2.24. The van der Waals surface area contributed by atoms with E-state index < -0.39 is 15.6 Å². The summed E-state index contributed by atoms with van der Waals surface area (Å²) in [6, 6.07) is 6.58. The van der Waals surface area contributed by atoms with Gasteiger partial charge in [0, 0.05) is 23.8 Å². The molecule has 5 nitrogen and oxygen atoms in total. The molecule has 0 radical (unpaired) electrons. The lowest BCUT2D eigenvalue weighted by atomic mass is 10.1. The first kappa shape index (κ1) is 14.1. The number of nitrogens with zero attached hydrogens (tertiary/aromatic N) is 1. The van der Waals surface area contributed by atoms with E-state index in [1.54, 1.807) is 19.1 Å². The summed E-state index contributed by atoms with van der Waals surface area (Å²) in [5.74, 6) is 0. The first-order valence-electron chi connectivity index (χ1n) is 5.58. The van der Waals surface area contributed by atoms with E-state index >= 15 is 0 Å². The van der Waals surface area contributed by atoms with Crippen molar-refractivity contribution in [3.63, 3.8) is 0 Å². The van der Waals surface area contributed by atoms with Gasteiger partial charge in [-0.25, -0.2) is 13.1 Å². The Morgan fingerprint density at radius 3 is 2.79 bits per heavy atom. The summed E-state index contributed by atoms with van der Waals surface area (Å²) in [5, 5.41) is 12.1. The first-order chi connectivity index (χ1) is 8.92. The standard InChI is InChI=1S/C12H14N2O3S2/c1-12(15,11-5-3-7-18-11)9-14-19(16,17)10-4-2-6-13-8-10/h2-8,14-15H,9H2,1H3. The van der Waals surface area contributed by atoms with Crippen LogP contribution in [0.15, 0.2) is 46.9 Å². The maximum atomic E-state index is 12.0. The minimum absolute atomic E-state index is 0.0805. The van der Waals surface area contributed by atoms with Crippen molar-refractivity contribution in [3.05, 3.63) is 46.9 Å². The summed E-state index contributed by atoms with van der Waals surface area (Å²) < 4.78 is 26.4. The number of hydrogen-bond acceptors (Lipinski definition) is 5. The molecule has 19 heavy (non-hydrogen) atoms. The third kappa shape index (κ3) is 3.38. The molecule has 1 atom stereocenters. The van der Waals surface area contributed by atoms with Gasteiger partial charge in [-0.1, -0.05) is 6.07 Å². The fraction of sp³-hybridized carbons (Fsp3) is 0.250. The predicted octanol–water partition coefficient (Wildman–Crippen LogP) is 1.33. The fourth-order valence-electron chi connectivity index (χ4n) is 1.50. The molecule has 0 amide bonds. The van der Waals surface area contributed by atoms with E-state index in [1.807, 2.05) is 11.4 Å². The van der Waals surface area contributed by atoms with Crippen LogP contribution < -0.4 is 4.72 Å². The Kier molecular flexibility index (Phi) is 4.00. The largest absolute Gasteiger partial charge is 0.383 e. The van der Waals surface area contributed by atoms with E-state index in [0.29, 0.717) is 4.88 Å². The first-order valence-corrected chi connectivity index (χ1v) is 7.94. The number of hydrogen-bond donors (Lipinski definition) is 2. The van der Waals surface area contributed by atoms with Gasteiger partial charge in [-0.05, 0) is 30.5 Å². The van der Waals surface area contributed by atoms with E-state index in [9.17, 15) is 13.5 Å². The van der Waals surface area contributed by atoms with Crippen molar-refractivity contribution in [2.75, 3.05) is 6.54 Å². The van der Waals surface area contributed by atoms with Crippen molar-refractivity contribution in [2.24, 2.45) is 0 Å². The molecule has 0 bridgehead atoms. The van der Waals surface area contributed by atoms with Crippen LogP contribution in [0.2, 0.25) is 0 Å². The van der Waals surface area contributed by atoms with Crippen molar-refractivity contribution < 1.29 is 13.5 Å². The molecular weight excluding hydrogens is 284 g/mol. The van der Waals surface area contributed by atoms with E-state index in [-0.39, 0.29) is 11.4 Å². The van der Waals surface area contributed by atoms with Gasteiger partial charge in [0.1, 0.15) is 10.5 Å². The van der Waals surface area contributed by atoms with Crippen LogP contribution in [0.1, 0.15) is 11.8 Å². The van der Waals surface area contributed by atoms with Gasteiger partial charge in [0.25, 0.3) is 0 Å². The molecule has 0 aliphatic carbocycles. The van der Waals surface area contributed by atoms with E-state index in [4.69, 9.17) is 0 Å². The van der Waals surface area contributed by atoms with Gasteiger partial charge in [0.15, 0.2) is 0 Å². The van der Waals surface area contributed by atoms with Gasteiger partial charge in [0.05, 0.1) is 0 Å². The van der Waals surface area contributed by atoms with Crippen molar-refractivity contribution in [1.29, 1.82) is 0 Å². The summed E-state index contributed by atoms with van der Waals surface area (Å²) >= 11 is 1.38. The molecule has 2 aromatic rings. The Hall–Kier alpha value is -1.28. The fourth-order valence-corrected chi connectivity index (χ4v) is 3.38. The van der Waals surface area contributed by atoms with Crippen LogP contribution in [-0.2, 0) is 15.6 Å². The molecule has 0 aromatic carbocycles. The predicted molar refractivity (Wildman–Crippen MR) is 73.3 cm³/mol. The van der Waals surface area contributed by atoms with Gasteiger partial charge in [-0.15, -0.1) is 11.3 Å². The van der Waals surface area contributed by atoms with Gasteiger partial charge in [0.2, 0.25) is 10.0 Å². The van der Waals surface area contributed by atoms with E-state index in [0.717, 1.165) is 0 Å². The topological polar surface area (TPSA) is 79.3 Å². The van der Waals surface area contributed by atoms with Crippen molar-refractivity contribution in [3.8, 4) is 0 Å². The lowest BCUT2D eigenvalue weighted by molar-refractivity contribution is 0.0666. The number of rotatable bonds is 5. The van der Waals surface area contributed by atoms with Gasteiger partial charge < -0.3 is 5.11 Å². The third-order valence-corrected chi connectivity index (χ3v) is 5.11. The zero-order chi connectivity index (χ0) is 13.9. The van der Waals surface area contributed by atoms with Crippen LogP contribution >= 0.6 is 11.3 Å². The van der Waals surface area contributed by atoms with Crippen molar-refractivity contribution >= 4 is 21.4 Å². The molecule has 0 fully saturated rings. The van der Waals surface area contributed by atoms with Crippen LogP contribution in [0.25, 0.3) is 0 Å². The zero-order valence-corrected chi connectivity index (χ0v) is 11.9. The molecule has 1 unspecified atom stereocenters. The SMILES string of the molecule is CC(O)(CNS(=O)(=O)c1cccnc1)c1cccs1. The average Bonchev–Trinajstić information content (AvgIpc) is 2.93. The van der Waals surface area contributed by atoms with Crippen LogP contribution in [0, 0.1) is 0 Å². The smallest absolute Gasteiger partial charge is 0.242 e. The molecule has 2 heterocycles. The van der Waals surface area contributed by atoms with E-state index in [2.05, 4.69) is 9.71 Å². The van der Waals surface area contributed by atoms with Gasteiger partial charge >= 0.3 is 0 Å². The number of thiophene rings is 1. The van der Waals surface area contributed by atoms with Crippen LogP contribution in [-0.4, -0.2) is 25.1 Å². The molecular formula is C12H14N2O3S2. The Bertz CT molecular complexity index is 622. The summed E-state index contributed by atoms with van der Waals surface area (Å²) in [4.78, 5) is 4.56. The monoisotopic (exact) mass is 298 g/mol. The molecule has 102 valence electrons. The van der Waals surface area contributed by atoms with E-state index in [1.165, 1.54) is 29.8 Å². The quantitative estimate of drug-likeness (QED) is 0.873. The molecule has 2 N–H and O–H groups in total. The summed E-state index contributed by atoms with van der Waals surface area (Å²) in [6.07, 6.45) is 2.77. The zero-order valence-electron chi connectivity index (χ0n) is 10.3. The molecule has 0 aliphatic heterocycles. The molecule has 2 aromatic heterocycles. The number of aliphatic hydroxyl groups is 1. The maximum absolute atomic E-state index is 12.0. The molecule has 0 aliphatic rings. The number of aromatic nitrogens is 1. The van der Waals surface area contributed by atoms with Gasteiger partial charge in [-0.2, -0.15) is 0 Å². The lowest BCUT2D eigenvalue weighted by Crippen LogP contribution is -2.38. The van der Waals surface area contributed by atoms with Crippen molar-refractivity contribution in [1.82, 2.24) is 9.71 Å². The second-order valence-corrected chi connectivity index (χ2v) is 6.98. The Balaban J connectivity index is 2.11. The second-order valence-electron chi connectivity index (χ2n) is 4.26. The van der Waals surface area contributed by atoms with Crippen molar-refractivity contribution in [2.45, 2.75) is 17.4 Å². The minimum atomic E-state index is -3.65. The molecule has 2 rings (SSSR count). The lowest BCUT2D eigenvalue weighted by Gasteiger charge is -2.22. The molecule has 0 saturated heterocycles. The normalized spacial score (nSPS) is 15.1. The average molecular weight is 298 g/mol. The Labute approximate surface area is 116 Å². The maximum Gasteiger partial charge on any atom is 0.242 e. The molecule has 0 spiro atoms. The number of nitrogens with one attached hydrogen (secondary N) is 1. The summed E-state index contributed by atoms with van der Waals surface area (Å²) in [7, 11) is -3.65. The number of pyridine rings is 1. The Morgan fingerprint density at radius 1 is 1.42 bits per heavy atom. The highest BCUT2D eigenvalue weighted by Gasteiger charge is 2.27. The third-order valence-electron chi connectivity index (χ3n) is 2.60. The molecule has 7 heteroatoms. The highest BCUT2D eigenvalue weighted by molar-refractivity contribution is 7.89. The Morgan fingerprint density at radius 2 is 2.21 bits per heavy atom. The van der Waals surface area contributed by atoms with Crippen LogP contribution in [0.4, 0.5) is 0 Å². The summed E-state index contributed by atoms with van der Waals surface area (Å²) in [5.41, 5.74) is -1.23.